The Hall–Kier alpha value is -3.92. The van der Waals surface area contributed by atoms with Crippen molar-refractivity contribution in [1.82, 2.24) is 0 Å². The SMILES string of the molecule is CCCCC(C)(CCCC)[C@H](C)[N+]1(C)Cc2c(cc(C(C)(C)C)c(OC)c2-c2cc(C(F)(F)F)cc(C(F)(F)F)c2)-c2cc(C(C)(C)C)c(OC)c(-c3cc(C(F)(F)F)cc(C(F)(F)F)c3)c2C1.[Br-]. The molecule has 4 aromatic rings. The molecule has 0 amide bonds. The van der Waals surface area contributed by atoms with Crippen LogP contribution < -0.4 is 26.5 Å². The molecule has 1 aliphatic rings. The zero-order valence-corrected chi connectivity index (χ0v) is 43.1. The van der Waals surface area contributed by atoms with E-state index in [2.05, 4.69) is 6.92 Å². The second-order valence-corrected chi connectivity index (χ2v) is 21.1. The highest BCUT2D eigenvalue weighted by Gasteiger charge is 2.48. The van der Waals surface area contributed by atoms with Gasteiger partial charge in [0, 0.05) is 38.8 Å². The molecule has 0 bridgehead atoms. The van der Waals surface area contributed by atoms with E-state index in [0.29, 0.717) is 57.6 Å². The van der Waals surface area contributed by atoms with Crippen molar-refractivity contribution in [3.8, 4) is 44.9 Å². The second kappa shape index (κ2) is 19.9. The van der Waals surface area contributed by atoms with Gasteiger partial charge in [0.2, 0.25) is 0 Å². The number of benzene rings is 4. The van der Waals surface area contributed by atoms with Crippen LogP contribution in [0.5, 0.6) is 11.5 Å². The van der Waals surface area contributed by atoms with E-state index < -0.39 is 74.3 Å². The van der Waals surface area contributed by atoms with Crippen LogP contribution in [-0.4, -0.2) is 31.8 Å². The number of hydrogen-bond donors (Lipinski definition) is 0. The topological polar surface area (TPSA) is 18.5 Å². The van der Waals surface area contributed by atoms with Crippen molar-refractivity contribution in [3.05, 3.63) is 93.0 Å². The lowest BCUT2D eigenvalue weighted by molar-refractivity contribution is -0.963. The minimum Gasteiger partial charge on any atom is -1.00 e. The van der Waals surface area contributed by atoms with Crippen LogP contribution >= 0.6 is 0 Å². The van der Waals surface area contributed by atoms with Gasteiger partial charge in [-0.25, -0.2) is 0 Å². The molecule has 0 unspecified atom stereocenters. The largest absolute Gasteiger partial charge is 1.00 e. The number of rotatable bonds is 12. The average molecular weight is 1050 g/mol. The van der Waals surface area contributed by atoms with Crippen molar-refractivity contribution in [2.24, 2.45) is 5.41 Å². The quantitative estimate of drug-likeness (QED) is 0.104. The van der Waals surface area contributed by atoms with E-state index in [4.69, 9.17) is 9.47 Å². The Morgan fingerprint density at radius 2 is 0.797 bits per heavy atom. The number of halogens is 13. The molecule has 5 rings (SSSR count). The van der Waals surface area contributed by atoms with E-state index in [1.807, 2.05) is 27.8 Å². The standard InChI is InChI=1S/C53H64F12NO2.BrH/c1-14-16-18-49(10,19-17-15-2)30(3)66(11)28-39-37(26-41(47(4,5)6)45(67-12)43(39)31-20-33(50(54,55)56)24-34(21-31)51(57,58)59)38-27-42(48(7,8)9)46(68-13)44(40(38)29-66)32-22-35(52(60,61)62)25-36(23-32)53(63,64)65;/h20-27,30H,14-19,28-29H2,1-13H3;1H/q+1;/p-1/t30-;/m0./s1. The van der Waals surface area contributed by atoms with Gasteiger partial charge in [-0.3, -0.25) is 0 Å². The van der Waals surface area contributed by atoms with Gasteiger partial charge in [0.05, 0.1) is 49.6 Å². The molecule has 69 heavy (non-hydrogen) atoms. The predicted molar refractivity (Wildman–Crippen MR) is 243 cm³/mol. The molecule has 0 fully saturated rings. The summed E-state index contributed by atoms with van der Waals surface area (Å²) in [5, 5.41) is 0. The second-order valence-electron chi connectivity index (χ2n) is 21.1. The lowest BCUT2D eigenvalue weighted by Gasteiger charge is -2.49. The maximum Gasteiger partial charge on any atom is 0.416 e. The third kappa shape index (κ3) is 11.9. The first-order valence-corrected chi connectivity index (χ1v) is 22.9. The van der Waals surface area contributed by atoms with Crippen molar-refractivity contribution < 1.29 is 83.6 Å². The fourth-order valence-corrected chi connectivity index (χ4v) is 10.1. The van der Waals surface area contributed by atoms with Crippen LogP contribution in [0.4, 0.5) is 52.7 Å². The first-order valence-electron chi connectivity index (χ1n) is 22.9. The van der Waals surface area contributed by atoms with Gasteiger partial charge >= 0.3 is 24.7 Å². The summed E-state index contributed by atoms with van der Waals surface area (Å²) < 4.78 is 189. The Bertz CT molecular complexity index is 2260. The number of quaternary nitrogens is 1. The minimum absolute atomic E-state index is 0. The van der Waals surface area contributed by atoms with Crippen LogP contribution in [-0.2, 0) is 48.6 Å². The highest BCUT2D eigenvalue weighted by Crippen LogP contribution is 2.56. The summed E-state index contributed by atoms with van der Waals surface area (Å²) in [5.41, 5.74) is -7.29. The fourth-order valence-electron chi connectivity index (χ4n) is 10.1. The van der Waals surface area contributed by atoms with Gasteiger partial charge < -0.3 is 30.9 Å². The van der Waals surface area contributed by atoms with Gasteiger partial charge in [-0.1, -0.05) is 88.0 Å². The zero-order chi connectivity index (χ0) is 51.5. The van der Waals surface area contributed by atoms with Crippen molar-refractivity contribution in [2.75, 3.05) is 21.3 Å². The van der Waals surface area contributed by atoms with Crippen molar-refractivity contribution in [1.29, 1.82) is 0 Å². The molecular formula is C53H64BrF12NO2. The van der Waals surface area contributed by atoms with E-state index in [9.17, 15) is 52.7 Å². The Morgan fingerprint density at radius 3 is 1.03 bits per heavy atom. The average Bonchev–Trinajstić information content (AvgIpc) is 3.34. The molecule has 0 aromatic heterocycles. The molecule has 0 radical (unpaired) electrons. The number of ether oxygens (including phenoxy) is 2. The summed E-state index contributed by atoms with van der Waals surface area (Å²) >= 11 is 0. The summed E-state index contributed by atoms with van der Waals surface area (Å²) in [5.74, 6) is 0.0621. The van der Waals surface area contributed by atoms with E-state index >= 15 is 0 Å². The predicted octanol–water partition coefficient (Wildman–Crippen LogP) is 14.6. The first kappa shape index (κ1) is 57.7. The number of nitrogens with zero attached hydrogens (tertiary/aromatic N) is 1. The Labute approximate surface area is 409 Å². The molecule has 0 saturated heterocycles. The van der Waals surface area contributed by atoms with Gasteiger partial charge in [0.15, 0.2) is 0 Å². The summed E-state index contributed by atoms with van der Waals surface area (Å²) in [7, 11) is 4.47. The number of methoxy groups -OCH3 is 2. The maximum atomic E-state index is 14.8. The normalized spacial score (nSPS) is 15.2. The summed E-state index contributed by atoms with van der Waals surface area (Å²) in [6, 6.07) is 5.97. The van der Waals surface area contributed by atoms with Crippen LogP contribution in [0.2, 0.25) is 0 Å². The van der Waals surface area contributed by atoms with E-state index in [1.54, 1.807) is 53.7 Å². The van der Waals surface area contributed by atoms with Crippen LogP contribution in [0.3, 0.4) is 0 Å². The molecule has 4 aromatic carbocycles. The zero-order valence-electron chi connectivity index (χ0n) is 41.5. The Kier molecular flexibility index (Phi) is 16.7. The van der Waals surface area contributed by atoms with Gasteiger partial charge in [-0.2, -0.15) is 52.7 Å². The number of unbranched alkanes of at least 4 members (excludes halogenated alkanes) is 2. The van der Waals surface area contributed by atoms with Gasteiger partial charge in [-0.15, -0.1) is 0 Å². The number of hydrogen-bond acceptors (Lipinski definition) is 2. The molecule has 0 N–H and O–H groups in total. The third-order valence-corrected chi connectivity index (χ3v) is 14.0. The first-order chi connectivity index (χ1) is 31.0. The smallest absolute Gasteiger partial charge is 0.416 e. The number of fused-ring (bicyclic) bond motifs is 3. The minimum atomic E-state index is -5.21. The molecule has 0 aliphatic carbocycles. The van der Waals surface area contributed by atoms with E-state index in [-0.39, 0.29) is 75.4 Å². The maximum absolute atomic E-state index is 14.8. The molecule has 1 heterocycles. The summed E-state index contributed by atoms with van der Waals surface area (Å²) in [6.45, 7) is 18.9. The summed E-state index contributed by atoms with van der Waals surface area (Å²) in [4.78, 5) is 0. The molecular weight excluding hydrogens is 990 g/mol. The summed E-state index contributed by atoms with van der Waals surface area (Å²) in [6.07, 6.45) is -16.1. The van der Waals surface area contributed by atoms with Gasteiger partial charge in [0.1, 0.15) is 24.6 Å². The fraction of sp³-hybridized carbons (Fsp3) is 0.547. The highest BCUT2D eigenvalue weighted by atomic mass is 79.9. The Morgan fingerprint density at radius 1 is 0.507 bits per heavy atom. The van der Waals surface area contributed by atoms with Gasteiger partial charge in [-0.05, 0) is 101 Å². The molecule has 3 nitrogen and oxygen atoms in total. The van der Waals surface area contributed by atoms with Crippen molar-refractivity contribution in [3.63, 3.8) is 0 Å². The molecule has 1 atom stereocenters. The number of alkyl halides is 12. The molecule has 1 aliphatic heterocycles. The van der Waals surface area contributed by atoms with Crippen molar-refractivity contribution >= 4 is 0 Å². The Balaban J connectivity index is 0.0000104. The van der Waals surface area contributed by atoms with Gasteiger partial charge in [0.25, 0.3) is 0 Å². The molecule has 384 valence electrons. The third-order valence-electron chi connectivity index (χ3n) is 14.0. The molecule has 16 heteroatoms. The molecule has 0 spiro atoms. The van der Waals surface area contributed by atoms with E-state index in [0.717, 1.165) is 38.5 Å². The monoisotopic (exact) mass is 1050 g/mol. The van der Waals surface area contributed by atoms with Crippen LogP contribution in [0.25, 0.3) is 33.4 Å². The van der Waals surface area contributed by atoms with Crippen LogP contribution in [0.1, 0.15) is 152 Å². The lowest BCUT2D eigenvalue weighted by Crippen LogP contribution is -3.00. The van der Waals surface area contributed by atoms with Crippen molar-refractivity contribution in [2.45, 2.75) is 162 Å². The van der Waals surface area contributed by atoms with Crippen LogP contribution in [0, 0.1) is 5.41 Å². The van der Waals surface area contributed by atoms with E-state index in [1.165, 1.54) is 14.2 Å². The highest BCUT2D eigenvalue weighted by molar-refractivity contribution is 5.91. The van der Waals surface area contributed by atoms with Crippen LogP contribution in [0.15, 0.2) is 48.5 Å². The lowest BCUT2D eigenvalue weighted by atomic mass is 9.73. The molecule has 0 saturated carbocycles.